The molecule has 0 aromatic heterocycles. The largest absolute Gasteiger partial charge is 0.331 e. The van der Waals surface area contributed by atoms with E-state index in [0.717, 1.165) is 12.0 Å². The number of hydrogen-bond acceptors (Lipinski definition) is 2. The van der Waals surface area contributed by atoms with Crippen LogP contribution in [0.15, 0.2) is 30.3 Å². The molecular formula is C15H23NO2S. The summed E-state index contributed by atoms with van der Waals surface area (Å²) < 4.78 is 12.1. The number of carbonyl (C=O) groups excluding carboxylic acids is 1. The highest BCUT2D eigenvalue weighted by Crippen LogP contribution is 2.09. The zero-order valence-corrected chi connectivity index (χ0v) is 12.8. The third-order valence-corrected chi connectivity index (χ3v) is 3.92. The van der Waals surface area contributed by atoms with Crippen LogP contribution in [-0.2, 0) is 16.6 Å². The van der Waals surface area contributed by atoms with Gasteiger partial charge in [-0.05, 0) is 17.9 Å². The Morgan fingerprint density at radius 3 is 2.42 bits per heavy atom. The topological polar surface area (TPSA) is 37.4 Å². The van der Waals surface area contributed by atoms with Crippen molar-refractivity contribution in [1.29, 1.82) is 0 Å². The summed E-state index contributed by atoms with van der Waals surface area (Å²) in [5.41, 5.74) is 0.940. The van der Waals surface area contributed by atoms with Crippen LogP contribution in [0.4, 0.5) is 4.79 Å². The average Bonchev–Trinajstić information content (AvgIpc) is 2.38. The van der Waals surface area contributed by atoms with Crippen molar-refractivity contribution < 1.29 is 9.00 Å². The van der Waals surface area contributed by atoms with Crippen molar-refractivity contribution in [2.45, 2.75) is 32.9 Å². The number of benzene rings is 1. The van der Waals surface area contributed by atoms with E-state index < -0.39 is 10.8 Å². The molecule has 0 saturated heterocycles. The molecule has 19 heavy (non-hydrogen) atoms. The molecule has 0 aliphatic carbocycles. The Bertz CT molecular complexity index is 417. The van der Waals surface area contributed by atoms with E-state index in [1.54, 1.807) is 4.90 Å². The number of nitrogens with zero attached hydrogens (tertiary/aromatic N) is 1. The van der Waals surface area contributed by atoms with Gasteiger partial charge in [-0.1, -0.05) is 51.1 Å². The van der Waals surface area contributed by atoms with Crippen LogP contribution in [0, 0.1) is 5.92 Å². The fourth-order valence-electron chi connectivity index (χ4n) is 1.90. The molecule has 0 aliphatic rings. The zero-order chi connectivity index (χ0) is 14.3. The fourth-order valence-corrected chi connectivity index (χ4v) is 2.97. The van der Waals surface area contributed by atoms with Crippen molar-refractivity contribution in [3.8, 4) is 0 Å². The first-order valence-electron chi connectivity index (χ1n) is 6.75. The zero-order valence-electron chi connectivity index (χ0n) is 12.0. The lowest BCUT2D eigenvalue weighted by Gasteiger charge is -2.23. The maximum Gasteiger partial charge on any atom is 0.312 e. The Morgan fingerprint density at radius 1 is 1.26 bits per heavy atom. The van der Waals surface area contributed by atoms with Gasteiger partial charge >= 0.3 is 5.24 Å². The molecule has 3 nitrogen and oxygen atoms in total. The SMILES string of the molecule is CCCN(CC(C)C)C(=O)S(=O)Cc1ccccc1. The monoisotopic (exact) mass is 281 g/mol. The van der Waals surface area contributed by atoms with Crippen LogP contribution in [0.5, 0.6) is 0 Å². The normalized spacial score (nSPS) is 12.4. The van der Waals surface area contributed by atoms with Gasteiger partial charge in [-0.3, -0.25) is 4.79 Å². The van der Waals surface area contributed by atoms with Crippen LogP contribution in [0.3, 0.4) is 0 Å². The quantitative estimate of drug-likeness (QED) is 0.801. The maximum atomic E-state index is 12.2. The van der Waals surface area contributed by atoms with Gasteiger partial charge in [0, 0.05) is 13.1 Å². The lowest BCUT2D eigenvalue weighted by atomic mass is 10.2. The van der Waals surface area contributed by atoms with Crippen molar-refractivity contribution in [1.82, 2.24) is 4.90 Å². The van der Waals surface area contributed by atoms with Crippen LogP contribution in [0.25, 0.3) is 0 Å². The van der Waals surface area contributed by atoms with Gasteiger partial charge in [-0.2, -0.15) is 0 Å². The molecule has 4 heteroatoms. The number of carbonyl (C=O) groups is 1. The van der Waals surface area contributed by atoms with Gasteiger partial charge in [-0.15, -0.1) is 0 Å². The molecule has 0 aliphatic heterocycles. The average molecular weight is 281 g/mol. The van der Waals surface area contributed by atoms with Crippen LogP contribution >= 0.6 is 0 Å². The number of amides is 1. The second-order valence-corrected chi connectivity index (χ2v) is 6.41. The summed E-state index contributed by atoms with van der Waals surface area (Å²) in [6.07, 6.45) is 0.890. The molecule has 1 atom stereocenters. The van der Waals surface area contributed by atoms with Crippen LogP contribution in [0.2, 0.25) is 0 Å². The first-order valence-corrected chi connectivity index (χ1v) is 8.07. The fraction of sp³-hybridized carbons (Fsp3) is 0.533. The predicted octanol–water partition coefficient (Wildman–Crippen LogP) is 3.42. The van der Waals surface area contributed by atoms with Crippen LogP contribution in [-0.4, -0.2) is 27.4 Å². The lowest BCUT2D eigenvalue weighted by molar-refractivity contribution is 0.214. The van der Waals surface area contributed by atoms with Crippen molar-refractivity contribution in [3.05, 3.63) is 35.9 Å². The molecule has 0 N–H and O–H groups in total. The van der Waals surface area contributed by atoms with E-state index in [1.807, 2.05) is 37.3 Å². The van der Waals surface area contributed by atoms with E-state index in [9.17, 15) is 9.00 Å². The van der Waals surface area contributed by atoms with Crippen LogP contribution < -0.4 is 0 Å². The minimum absolute atomic E-state index is 0.237. The molecule has 1 aromatic carbocycles. The van der Waals surface area contributed by atoms with Gasteiger partial charge in [0.15, 0.2) is 0 Å². The van der Waals surface area contributed by atoms with E-state index >= 15 is 0 Å². The van der Waals surface area contributed by atoms with E-state index in [1.165, 1.54) is 0 Å². The third kappa shape index (κ3) is 5.55. The maximum absolute atomic E-state index is 12.2. The second-order valence-electron chi connectivity index (χ2n) is 5.08. The number of hydrogen-bond donors (Lipinski definition) is 0. The molecular weight excluding hydrogens is 258 g/mol. The van der Waals surface area contributed by atoms with E-state index in [2.05, 4.69) is 13.8 Å². The minimum atomic E-state index is -1.48. The Kier molecular flexibility index (Phi) is 6.78. The highest BCUT2D eigenvalue weighted by atomic mass is 32.2. The van der Waals surface area contributed by atoms with Crippen molar-refractivity contribution in [2.75, 3.05) is 13.1 Å². The van der Waals surface area contributed by atoms with Gasteiger partial charge < -0.3 is 4.90 Å². The summed E-state index contributed by atoms with van der Waals surface area (Å²) in [5, 5.41) is -0.237. The highest BCUT2D eigenvalue weighted by Gasteiger charge is 2.20. The van der Waals surface area contributed by atoms with Gasteiger partial charge in [0.05, 0.1) is 5.75 Å². The first kappa shape index (κ1) is 15.9. The smallest absolute Gasteiger partial charge is 0.312 e. The van der Waals surface area contributed by atoms with Crippen molar-refractivity contribution in [3.63, 3.8) is 0 Å². The summed E-state index contributed by atoms with van der Waals surface area (Å²) in [4.78, 5) is 13.9. The van der Waals surface area contributed by atoms with E-state index in [-0.39, 0.29) is 5.24 Å². The molecule has 0 spiro atoms. The van der Waals surface area contributed by atoms with Gasteiger partial charge in [-0.25, -0.2) is 4.21 Å². The molecule has 1 amide bonds. The standard InChI is InChI=1S/C15H23NO2S/c1-4-10-16(11-13(2)3)15(17)19(18)12-14-8-6-5-7-9-14/h5-9,13H,4,10-12H2,1-3H3. The van der Waals surface area contributed by atoms with E-state index in [0.29, 0.717) is 24.8 Å². The van der Waals surface area contributed by atoms with Gasteiger partial charge in [0.1, 0.15) is 10.8 Å². The van der Waals surface area contributed by atoms with Crippen LogP contribution in [0.1, 0.15) is 32.8 Å². The van der Waals surface area contributed by atoms with Crippen molar-refractivity contribution in [2.24, 2.45) is 5.92 Å². The predicted molar refractivity (Wildman–Crippen MR) is 80.4 cm³/mol. The third-order valence-electron chi connectivity index (χ3n) is 2.67. The summed E-state index contributed by atoms with van der Waals surface area (Å²) in [5.74, 6) is 0.696. The van der Waals surface area contributed by atoms with Gasteiger partial charge in [0.25, 0.3) is 0 Å². The Morgan fingerprint density at radius 2 is 1.89 bits per heavy atom. The molecule has 0 saturated carbocycles. The molecule has 1 aromatic rings. The summed E-state index contributed by atoms with van der Waals surface area (Å²) in [6, 6.07) is 9.51. The number of rotatable bonds is 6. The molecule has 1 unspecified atom stereocenters. The molecule has 106 valence electrons. The second kappa shape index (κ2) is 8.10. The van der Waals surface area contributed by atoms with E-state index in [4.69, 9.17) is 0 Å². The summed E-state index contributed by atoms with van der Waals surface area (Å²) in [7, 11) is -1.48. The minimum Gasteiger partial charge on any atom is -0.331 e. The molecule has 1 rings (SSSR count). The Labute approximate surface area is 118 Å². The first-order chi connectivity index (χ1) is 9.04. The lowest BCUT2D eigenvalue weighted by Crippen LogP contribution is -2.36. The van der Waals surface area contributed by atoms with Gasteiger partial charge in [0.2, 0.25) is 0 Å². The molecule has 0 heterocycles. The van der Waals surface area contributed by atoms with Crippen molar-refractivity contribution >= 4 is 16.0 Å². The summed E-state index contributed by atoms with van der Waals surface area (Å²) in [6.45, 7) is 7.51. The Hall–Kier alpha value is -1.16. The summed E-state index contributed by atoms with van der Waals surface area (Å²) >= 11 is 0. The highest BCUT2D eigenvalue weighted by molar-refractivity contribution is 7.99. The molecule has 0 fully saturated rings. The Balaban J connectivity index is 2.65. The molecule has 0 bridgehead atoms. The molecule has 0 radical (unpaired) electrons.